The highest BCUT2D eigenvalue weighted by Gasteiger charge is 2.35. The lowest BCUT2D eigenvalue weighted by Crippen LogP contribution is -2.31. The van der Waals surface area contributed by atoms with E-state index in [0.717, 1.165) is 24.1 Å². The Morgan fingerprint density at radius 3 is 2.67 bits per heavy atom. The first-order valence-electron chi connectivity index (χ1n) is 6.55. The zero-order valence-corrected chi connectivity index (χ0v) is 11.4. The van der Waals surface area contributed by atoms with Gasteiger partial charge < -0.3 is 10.6 Å². The molecule has 1 aromatic heterocycles. The van der Waals surface area contributed by atoms with Gasteiger partial charge in [-0.2, -0.15) is 0 Å². The molecule has 0 saturated heterocycles. The fraction of sp³-hybridized carbons (Fsp3) is 0.615. The highest BCUT2D eigenvalue weighted by Crippen LogP contribution is 2.36. The first kappa shape index (κ1) is 11.8. The lowest BCUT2D eigenvalue weighted by atomic mass is 10.3. The standard InChI is InChI=1S/C13H18N4S/c1-8-6-11(12(14)18)16-13(15-8)17(10-4-5-10)7-9-2-3-9/h6,9-10H,2-5,7H2,1H3,(H2,14,18). The van der Waals surface area contributed by atoms with E-state index in [2.05, 4.69) is 14.9 Å². The van der Waals surface area contributed by atoms with E-state index in [0.29, 0.717) is 16.7 Å². The van der Waals surface area contributed by atoms with Crippen LogP contribution >= 0.6 is 12.2 Å². The van der Waals surface area contributed by atoms with Crippen LogP contribution in [-0.4, -0.2) is 27.5 Å². The zero-order chi connectivity index (χ0) is 12.7. The number of hydrogen-bond acceptors (Lipinski definition) is 4. The highest BCUT2D eigenvalue weighted by atomic mass is 32.1. The molecule has 2 saturated carbocycles. The largest absolute Gasteiger partial charge is 0.388 e. The van der Waals surface area contributed by atoms with Crippen molar-refractivity contribution in [1.29, 1.82) is 0 Å². The maximum atomic E-state index is 5.68. The van der Waals surface area contributed by atoms with Crippen molar-refractivity contribution in [2.24, 2.45) is 11.7 Å². The molecule has 0 bridgehead atoms. The Hall–Kier alpha value is -1.23. The van der Waals surface area contributed by atoms with Crippen LogP contribution in [0, 0.1) is 12.8 Å². The number of aromatic nitrogens is 2. The topological polar surface area (TPSA) is 55.0 Å². The highest BCUT2D eigenvalue weighted by molar-refractivity contribution is 7.80. The number of aryl methyl sites for hydroxylation is 1. The van der Waals surface area contributed by atoms with Crippen LogP contribution in [0.4, 0.5) is 5.95 Å². The summed E-state index contributed by atoms with van der Waals surface area (Å²) in [6.45, 7) is 3.06. The van der Waals surface area contributed by atoms with Gasteiger partial charge >= 0.3 is 0 Å². The molecule has 2 fully saturated rings. The van der Waals surface area contributed by atoms with Gasteiger partial charge in [-0.05, 0) is 44.6 Å². The van der Waals surface area contributed by atoms with E-state index in [-0.39, 0.29) is 0 Å². The van der Waals surface area contributed by atoms with Crippen molar-refractivity contribution in [3.63, 3.8) is 0 Å². The van der Waals surface area contributed by atoms with Gasteiger partial charge in [0.15, 0.2) is 0 Å². The van der Waals surface area contributed by atoms with Gasteiger partial charge in [0.25, 0.3) is 0 Å². The molecule has 0 amide bonds. The molecule has 0 spiro atoms. The van der Waals surface area contributed by atoms with Crippen LogP contribution in [0.1, 0.15) is 37.1 Å². The third-order valence-corrected chi connectivity index (χ3v) is 3.70. The maximum absolute atomic E-state index is 5.68. The lowest BCUT2D eigenvalue weighted by molar-refractivity contribution is 0.695. The molecule has 2 aliphatic rings. The van der Waals surface area contributed by atoms with Crippen molar-refractivity contribution in [2.75, 3.05) is 11.4 Å². The van der Waals surface area contributed by atoms with Crippen LogP contribution < -0.4 is 10.6 Å². The minimum absolute atomic E-state index is 0.351. The summed E-state index contributed by atoms with van der Waals surface area (Å²) in [5, 5.41) is 0. The summed E-state index contributed by atoms with van der Waals surface area (Å²) in [5.74, 6) is 1.65. The number of hydrogen-bond donors (Lipinski definition) is 1. The molecule has 96 valence electrons. The van der Waals surface area contributed by atoms with E-state index in [4.69, 9.17) is 18.0 Å². The third kappa shape index (κ3) is 2.61. The SMILES string of the molecule is Cc1cc(C(N)=S)nc(N(CC2CC2)C2CC2)n1. The van der Waals surface area contributed by atoms with Crippen LogP contribution in [0.5, 0.6) is 0 Å². The molecule has 5 heteroatoms. The molecule has 3 rings (SSSR count). The molecule has 1 heterocycles. The lowest BCUT2D eigenvalue weighted by Gasteiger charge is -2.23. The van der Waals surface area contributed by atoms with Crippen molar-refractivity contribution >= 4 is 23.2 Å². The number of nitrogens with zero attached hydrogens (tertiary/aromatic N) is 3. The molecule has 1 aromatic rings. The van der Waals surface area contributed by atoms with E-state index in [1.807, 2.05) is 13.0 Å². The van der Waals surface area contributed by atoms with E-state index in [1.165, 1.54) is 25.7 Å². The Labute approximate surface area is 113 Å². The van der Waals surface area contributed by atoms with Gasteiger partial charge in [0.1, 0.15) is 10.7 Å². The Morgan fingerprint density at radius 2 is 2.11 bits per heavy atom. The van der Waals surface area contributed by atoms with Crippen LogP contribution in [0.15, 0.2) is 6.07 Å². The number of rotatable bonds is 5. The smallest absolute Gasteiger partial charge is 0.226 e. The second-order valence-corrected chi connectivity index (χ2v) is 5.83. The van der Waals surface area contributed by atoms with Crippen molar-refractivity contribution in [2.45, 2.75) is 38.6 Å². The monoisotopic (exact) mass is 262 g/mol. The van der Waals surface area contributed by atoms with Gasteiger partial charge in [-0.3, -0.25) is 0 Å². The van der Waals surface area contributed by atoms with Crippen LogP contribution in [0.25, 0.3) is 0 Å². The summed E-state index contributed by atoms with van der Waals surface area (Å²) in [6, 6.07) is 2.49. The second kappa shape index (κ2) is 4.46. The molecule has 0 atom stereocenters. The summed E-state index contributed by atoms with van der Waals surface area (Å²) >= 11 is 5.02. The minimum Gasteiger partial charge on any atom is -0.388 e. The molecule has 0 aromatic carbocycles. The predicted molar refractivity (Wildman–Crippen MR) is 75.7 cm³/mol. The summed E-state index contributed by atoms with van der Waals surface area (Å²) in [7, 11) is 0. The predicted octanol–water partition coefficient (Wildman–Crippen LogP) is 1.80. The van der Waals surface area contributed by atoms with Crippen molar-refractivity contribution in [3.8, 4) is 0 Å². The first-order valence-corrected chi connectivity index (χ1v) is 6.96. The zero-order valence-electron chi connectivity index (χ0n) is 10.6. The normalized spacial score (nSPS) is 18.7. The molecule has 0 unspecified atom stereocenters. The fourth-order valence-corrected chi connectivity index (χ4v) is 2.27. The molecular weight excluding hydrogens is 244 g/mol. The van der Waals surface area contributed by atoms with Crippen molar-refractivity contribution in [1.82, 2.24) is 9.97 Å². The quantitative estimate of drug-likeness (QED) is 0.820. The van der Waals surface area contributed by atoms with Gasteiger partial charge in [0.05, 0.1) is 0 Å². The van der Waals surface area contributed by atoms with E-state index in [9.17, 15) is 0 Å². The molecular formula is C13H18N4S. The van der Waals surface area contributed by atoms with Crippen molar-refractivity contribution in [3.05, 3.63) is 17.5 Å². The summed E-state index contributed by atoms with van der Waals surface area (Å²) in [4.78, 5) is 11.8. The Balaban J connectivity index is 1.89. The van der Waals surface area contributed by atoms with E-state index in [1.54, 1.807) is 0 Å². The number of nitrogens with two attached hydrogens (primary N) is 1. The summed E-state index contributed by atoms with van der Waals surface area (Å²) in [5.41, 5.74) is 7.30. The molecule has 2 aliphatic carbocycles. The van der Waals surface area contributed by atoms with Gasteiger partial charge in [-0.15, -0.1) is 0 Å². The molecule has 0 aliphatic heterocycles. The van der Waals surface area contributed by atoms with Crippen molar-refractivity contribution < 1.29 is 0 Å². The minimum atomic E-state index is 0.351. The van der Waals surface area contributed by atoms with Crippen LogP contribution in [-0.2, 0) is 0 Å². The fourth-order valence-electron chi connectivity index (χ4n) is 2.17. The second-order valence-electron chi connectivity index (χ2n) is 5.39. The third-order valence-electron chi connectivity index (χ3n) is 3.49. The molecule has 2 N–H and O–H groups in total. The Morgan fingerprint density at radius 1 is 1.39 bits per heavy atom. The number of anilines is 1. The molecule has 18 heavy (non-hydrogen) atoms. The van der Waals surface area contributed by atoms with Gasteiger partial charge in [-0.25, -0.2) is 9.97 Å². The van der Waals surface area contributed by atoms with E-state index >= 15 is 0 Å². The Kier molecular flexibility index (Phi) is 2.93. The van der Waals surface area contributed by atoms with Gasteiger partial charge in [-0.1, -0.05) is 12.2 Å². The maximum Gasteiger partial charge on any atom is 0.226 e. The van der Waals surface area contributed by atoms with Gasteiger partial charge in [0.2, 0.25) is 5.95 Å². The average Bonchev–Trinajstić information content (AvgIpc) is 3.17. The molecule has 4 nitrogen and oxygen atoms in total. The van der Waals surface area contributed by atoms with Crippen LogP contribution in [0.3, 0.4) is 0 Å². The number of thiocarbonyl (C=S) groups is 1. The molecule has 0 radical (unpaired) electrons. The summed E-state index contributed by atoms with van der Waals surface area (Å²) in [6.07, 6.45) is 5.20. The van der Waals surface area contributed by atoms with E-state index < -0.39 is 0 Å². The average molecular weight is 262 g/mol. The van der Waals surface area contributed by atoms with Gasteiger partial charge in [0, 0.05) is 18.3 Å². The first-order chi connectivity index (χ1) is 8.63. The van der Waals surface area contributed by atoms with Crippen LogP contribution in [0.2, 0.25) is 0 Å². The Bertz CT molecular complexity index is 480. The summed E-state index contributed by atoms with van der Waals surface area (Å²) < 4.78 is 0.